The lowest BCUT2D eigenvalue weighted by Crippen LogP contribution is -2.25. The van der Waals surface area contributed by atoms with Crippen molar-refractivity contribution in [1.82, 2.24) is 14.6 Å². The number of aromatic nitrogens is 3. The number of aryl methyl sites for hydroxylation is 1. The minimum atomic E-state index is -0.678. The van der Waals surface area contributed by atoms with Gasteiger partial charge in [0.15, 0.2) is 17.1 Å². The predicted molar refractivity (Wildman–Crippen MR) is 132 cm³/mol. The molecule has 0 N–H and O–H groups in total. The Kier molecular flexibility index (Phi) is 6.32. The third kappa shape index (κ3) is 5.27. The van der Waals surface area contributed by atoms with Gasteiger partial charge in [-0.3, -0.25) is 10.1 Å². The van der Waals surface area contributed by atoms with Gasteiger partial charge in [0, 0.05) is 17.7 Å². The van der Waals surface area contributed by atoms with E-state index in [-0.39, 0.29) is 23.2 Å². The van der Waals surface area contributed by atoms with Gasteiger partial charge in [-0.1, -0.05) is 12.1 Å². The third-order valence-corrected chi connectivity index (χ3v) is 5.74. The minimum absolute atomic E-state index is 0.101. The number of nitrogens with zero attached hydrogens (tertiary/aromatic N) is 4. The molecule has 2 aromatic heterocycles. The maximum atomic E-state index is 13.0. The standard InChI is InChI=1S/C26H24N4O7/c1-16-24(25(31)36-19-9-7-18(8-10-19)30(32)33)29-23(27-16)12-11-22(28-29)17-5-4-6-20(13-17)34-14-21-15-35-26(2,3)37-21/h4-13,21H,14-15H2,1-3H3/t21-/m0/s1. The Morgan fingerprint density at radius 3 is 2.65 bits per heavy atom. The highest BCUT2D eigenvalue weighted by molar-refractivity contribution is 5.91. The van der Waals surface area contributed by atoms with Gasteiger partial charge in [0.1, 0.15) is 24.2 Å². The summed E-state index contributed by atoms with van der Waals surface area (Å²) < 4.78 is 24.1. The molecule has 3 heterocycles. The highest BCUT2D eigenvalue weighted by Gasteiger charge is 2.33. The highest BCUT2D eigenvalue weighted by atomic mass is 16.7. The molecule has 11 nitrogen and oxygen atoms in total. The van der Waals surface area contributed by atoms with E-state index in [1.54, 1.807) is 13.0 Å². The van der Waals surface area contributed by atoms with Crippen LogP contribution in [0.2, 0.25) is 0 Å². The quantitative estimate of drug-likeness (QED) is 0.156. The lowest BCUT2D eigenvalue weighted by Gasteiger charge is -2.17. The Balaban J connectivity index is 1.36. The molecule has 4 aromatic rings. The smallest absolute Gasteiger partial charge is 0.364 e. The Morgan fingerprint density at radius 2 is 1.95 bits per heavy atom. The van der Waals surface area contributed by atoms with Crippen LogP contribution in [0.1, 0.15) is 30.0 Å². The third-order valence-electron chi connectivity index (χ3n) is 5.74. The maximum Gasteiger partial charge on any atom is 0.364 e. The second kappa shape index (κ2) is 9.60. The summed E-state index contributed by atoms with van der Waals surface area (Å²) in [5.74, 6) is -0.476. The van der Waals surface area contributed by atoms with Crippen LogP contribution in [0.5, 0.6) is 11.5 Å². The molecule has 5 rings (SSSR count). The average molecular weight is 504 g/mol. The van der Waals surface area contributed by atoms with E-state index < -0.39 is 16.7 Å². The maximum absolute atomic E-state index is 13.0. The summed E-state index contributed by atoms with van der Waals surface area (Å²) in [5, 5.41) is 15.5. The number of non-ortho nitro benzene ring substituents is 1. The number of rotatable bonds is 7. The molecule has 1 fully saturated rings. The molecule has 0 radical (unpaired) electrons. The SMILES string of the molecule is Cc1nc2ccc(-c3cccc(OC[C@H]4COC(C)(C)O4)c3)nn2c1C(=O)Oc1ccc([N+](=O)[O-])cc1. The molecular weight excluding hydrogens is 480 g/mol. The van der Waals surface area contributed by atoms with Gasteiger partial charge in [-0.05, 0) is 57.2 Å². The molecule has 1 saturated heterocycles. The summed E-state index contributed by atoms with van der Waals surface area (Å²) in [6.07, 6.45) is -0.161. The molecule has 1 atom stereocenters. The number of carbonyl (C=O) groups excluding carboxylic acids is 1. The van der Waals surface area contributed by atoms with Crippen molar-refractivity contribution in [3.8, 4) is 22.8 Å². The average Bonchev–Trinajstić information content (AvgIpc) is 3.40. The van der Waals surface area contributed by atoms with Crippen molar-refractivity contribution in [1.29, 1.82) is 0 Å². The van der Waals surface area contributed by atoms with Gasteiger partial charge < -0.3 is 18.9 Å². The second-order valence-corrected chi connectivity index (χ2v) is 8.96. The molecular formula is C26H24N4O7. The highest BCUT2D eigenvalue weighted by Crippen LogP contribution is 2.26. The summed E-state index contributed by atoms with van der Waals surface area (Å²) >= 11 is 0. The number of ether oxygens (including phenoxy) is 4. The van der Waals surface area contributed by atoms with Gasteiger partial charge in [0.25, 0.3) is 5.69 Å². The summed E-state index contributed by atoms with van der Waals surface area (Å²) in [6.45, 7) is 6.22. The molecule has 37 heavy (non-hydrogen) atoms. The molecule has 0 bridgehead atoms. The van der Waals surface area contributed by atoms with Crippen LogP contribution in [0.3, 0.4) is 0 Å². The van der Waals surface area contributed by atoms with E-state index in [9.17, 15) is 14.9 Å². The molecule has 0 amide bonds. The first-order chi connectivity index (χ1) is 17.7. The molecule has 1 aliphatic heterocycles. The Labute approximate surface area is 211 Å². The number of carbonyl (C=O) groups is 1. The monoisotopic (exact) mass is 504 g/mol. The summed E-state index contributed by atoms with van der Waals surface area (Å²) in [5.41, 5.74) is 2.35. The van der Waals surface area contributed by atoms with Crippen molar-refractivity contribution in [3.63, 3.8) is 0 Å². The van der Waals surface area contributed by atoms with Crippen molar-refractivity contribution in [3.05, 3.63) is 82.2 Å². The number of hydrogen-bond acceptors (Lipinski definition) is 9. The van der Waals surface area contributed by atoms with Gasteiger partial charge >= 0.3 is 5.97 Å². The normalized spacial score (nSPS) is 16.6. The fourth-order valence-electron chi connectivity index (χ4n) is 4.00. The zero-order valence-electron chi connectivity index (χ0n) is 20.4. The van der Waals surface area contributed by atoms with E-state index in [0.29, 0.717) is 36.0 Å². The first-order valence-corrected chi connectivity index (χ1v) is 11.6. The lowest BCUT2D eigenvalue weighted by atomic mass is 10.1. The van der Waals surface area contributed by atoms with Crippen LogP contribution in [-0.4, -0.2) is 50.6 Å². The fraction of sp³-hybridized carbons (Fsp3) is 0.269. The Hall–Kier alpha value is -4.35. The number of imidazole rings is 1. The summed E-state index contributed by atoms with van der Waals surface area (Å²) in [4.78, 5) is 27.7. The van der Waals surface area contributed by atoms with E-state index in [2.05, 4.69) is 10.1 Å². The number of hydrogen-bond donors (Lipinski definition) is 0. The minimum Gasteiger partial charge on any atom is -0.491 e. The Morgan fingerprint density at radius 1 is 1.16 bits per heavy atom. The first kappa shape index (κ1) is 24.3. The number of nitro groups is 1. The topological polar surface area (TPSA) is 127 Å². The molecule has 190 valence electrons. The van der Waals surface area contributed by atoms with Crippen LogP contribution in [0.4, 0.5) is 5.69 Å². The lowest BCUT2D eigenvalue weighted by molar-refractivity contribution is -0.384. The van der Waals surface area contributed by atoms with Crippen LogP contribution < -0.4 is 9.47 Å². The van der Waals surface area contributed by atoms with E-state index in [1.807, 2.05) is 44.2 Å². The van der Waals surface area contributed by atoms with E-state index >= 15 is 0 Å². The van der Waals surface area contributed by atoms with E-state index in [1.165, 1.54) is 28.8 Å². The first-order valence-electron chi connectivity index (χ1n) is 11.6. The predicted octanol–water partition coefficient (Wildman–Crippen LogP) is 4.36. The summed E-state index contributed by atoms with van der Waals surface area (Å²) in [6, 6.07) is 16.3. The molecule has 11 heteroatoms. The van der Waals surface area contributed by atoms with Crippen LogP contribution in [0.25, 0.3) is 16.9 Å². The molecule has 2 aromatic carbocycles. The van der Waals surface area contributed by atoms with Crippen molar-refractivity contribution in [2.75, 3.05) is 13.2 Å². The number of nitro benzene ring substituents is 1. The van der Waals surface area contributed by atoms with E-state index in [0.717, 1.165) is 5.56 Å². The molecule has 1 aliphatic rings. The van der Waals surface area contributed by atoms with Gasteiger partial charge in [-0.25, -0.2) is 14.3 Å². The second-order valence-electron chi connectivity index (χ2n) is 8.96. The number of esters is 1. The number of fused-ring (bicyclic) bond motifs is 1. The van der Waals surface area contributed by atoms with Gasteiger partial charge in [0.2, 0.25) is 0 Å². The van der Waals surface area contributed by atoms with Crippen LogP contribution in [0.15, 0.2) is 60.7 Å². The van der Waals surface area contributed by atoms with Gasteiger partial charge in [-0.2, -0.15) is 5.10 Å². The van der Waals surface area contributed by atoms with Crippen molar-refractivity contribution in [2.45, 2.75) is 32.7 Å². The van der Waals surface area contributed by atoms with Crippen LogP contribution >= 0.6 is 0 Å². The van der Waals surface area contributed by atoms with Crippen LogP contribution in [-0.2, 0) is 9.47 Å². The summed E-state index contributed by atoms with van der Waals surface area (Å²) in [7, 11) is 0. The molecule has 0 spiro atoms. The molecule has 0 saturated carbocycles. The fourth-order valence-corrected chi connectivity index (χ4v) is 4.00. The number of benzene rings is 2. The van der Waals surface area contributed by atoms with Gasteiger partial charge in [-0.15, -0.1) is 0 Å². The van der Waals surface area contributed by atoms with Crippen molar-refractivity contribution in [2.24, 2.45) is 0 Å². The zero-order valence-corrected chi connectivity index (χ0v) is 20.4. The van der Waals surface area contributed by atoms with Crippen molar-refractivity contribution >= 4 is 17.3 Å². The molecule has 0 unspecified atom stereocenters. The van der Waals surface area contributed by atoms with Gasteiger partial charge in [0.05, 0.1) is 22.9 Å². The largest absolute Gasteiger partial charge is 0.491 e. The molecule has 0 aliphatic carbocycles. The Bertz CT molecular complexity index is 1480. The van der Waals surface area contributed by atoms with Crippen molar-refractivity contribution < 1.29 is 28.7 Å². The zero-order chi connectivity index (χ0) is 26.2. The van der Waals surface area contributed by atoms with E-state index in [4.69, 9.17) is 18.9 Å². The van der Waals surface area contributed by atoms with Crippen LogP contribution in [0, 0.1) is 17.0 Å².